The fourth-order valence-corrected chi connectivity index (χ4v) is 4.70. The Bertz CT molecular complexity index is 693. The normalized spacial score (nSPS) is 16.0. The van der Waals surface area contributed by atoms with E-state index in [9.17, 15) is 13.2 Å². The molecule has 21 heavy (non-hydrogen) atoms. The second kappa shape index (κ2) is 5.37. The maximum Gasteiger partial charge on any atom is 0.335 e. The van der Waals surface area contributed by atoms with Gasteiger partial charge in [-0.05, 0) is 57.2 Å². The minimum Gasteiger partial charge on any atom is -0.478 e. The van der Waals surface area contributed by atoms with Crippen molar-refractivity contribution in [3.8, 4) is 0 Å². The van der Waals surface area contributed by atoms with Crippen LogP contribution in [0, 0.1) is 12.8 Å². The van der Waals surface area contributed by atoms with Gasteiger partial charge in [-0.3, -0.25) is 0 Å². The van der Waals surface area contributed by atoms with Gasteiger partial charge in [-0.15, -0.1) is 0 Å². The number of aromatic carboxylic acids is 1. The number of hydrogen-bond donors (Lipinski definition) is 2. The van der Waals surface area contributed by atoms with E-state index in [2.05, 4.69) is 20.7 Å². The van der Waals surface area contributed by atoms with Crippen LogP contribution in [0.5, 0.6) is 0 Å². The second-order valence-corrected chi connectivity index (χ2v) is 8.49. The monoisotopic (exact) mass is 375 g/mol. The molecule has 0 heterocycles. The van der Waals surface area contributed by atoms with E-state index < -0.39 is 21.5 Å². The second-order valence-electron chi connectivity index (χ2n) is 5.99. The third kappa shape index (κ3) is 3.46. The molecule has 0 saturated heterocycles. The summed E-state index contributed by atoms with van der Waals surface area (Å²) in [6.45, 7) is 5.36. The first-order valence-corrected chi connectivity index (χ1v) is 8.89. The van der Waals surface area contributed by atoms with Gasteiger partial charge in [-0.1, -0.05) is 15.9 Å². The number of rotatable bonds is 5. The van der Waals surface area contributed by atoms with Gasteiger partial charge in [0.2, 0.25) is 10.0 Å². The highest BCUT2D eigenvalue weighted by atomic mass is 79.9. The zero-order valence-corrected chi connectivity index (χ0v) is 14.5. The van der Waals surface area contributed by atoms with E-state index in [0.29, 0.717) is 16.0 Å². The van der Waals surface area contributed by atoms with Crippen molar-refractivity contribution in [2.45, 2.75) is 44.0 Å². The minimum absolute atomic E-state index is 0.00278. The van der Waals surface area contributed by atoms with Crippen molar-refractivity contribution in [2.75, 3.05) is 0 Å². The van der Waals surface area contributed by atoms with Gasteiger partial charge in [0.05, 0.1) is 10.5 Å². The molecular weight excluding hydrogens is 358 g/mol. The SMILES string of the molecule is Cc1c(Br)cc(C(=O)O)cc1S(=O)(=O)NC(C)(C)C1CC1. The van der Waals surface area contributed by atoms with Gasteiger partial charge in [0, 0.05) is 10.0 Å². The average Bonchev–Trinajstić information content (AvgIpc) is 3.14. The highest BCUT2D eigenvalue weighted by Gasteiger charge is 2.41. The van der Waals surface area contributed by atoms with Gasteiger partial charge >= 0.3 is 5.97 Å². The Balaban J connectivity index is 2.46. The van der Waals surface area contributed by atoms with Crippen LogP contribution in [-0.2, 0) is 10.0 Å². The van der Waals surface area contributed by atoms with Crippen molar-refractivity contribution < 1.29 is 18.3 Å². The Hall–Kier alpha value is -0.920. The molecule has 1 aromatic rings. The molecule has 0 unspecified atom stereocenters. The molecule has 0 atom stereocenters. The number of hydrogen-bond acceptors (Lipinski definition) is 3. The zero-order chi connectivity index (χ0) is 16.0. The number of carbonyl (C=O) groups is 1. The van der Waals surface area contributed by atoms with E-state index >= 15 is 0 Å². The quantitative estimate of drug-likeness (QED) is 0.828. The van der Waals surface area contributed by atoms with Gasteiger partial charge in [0.15, 0.2) is 0 Å². The summed E-state index contributed by atoms with van der Waals surface area (Å²) in [5.41, 5.74) is -0.0899. The third-order valence-electron chi connectivity index (χ3n) is 3.83. The topological polar surface area (TPSA) is 83.5 Å². The Morgan fingerprint density at radius 3 is 2.43 bits per heavy atom. The Morgan fingerprint density at radius 1 is 1.38 bits per heavy atom. The van der Waals surface area contributed by atoms with Crippen molar-refractivity contribution in [3.63, 3.8) is 0 Å². The predicted molar refractivity (Wildman–Crippen MR) is 83.0 cm³/mol. The van der Waals surface area contributed by atoms with Gasteiger partial charge in [0.1, 0.15) is 0 Å². The number of halogens is 1. The smallest absolute Gasteiger partial charge is 0.335 e. The van der Waals surface area contributed by atoms with Crippen LogP contribution in [0.4, 0.5) is 0 Å². The number of carboxylic acids is 1. The molecule has 5 nitrogen and oxygen atoms in total. The summed E-state index contributed by atoms with van der Waals surface area (Å²) < 4.78 is 28.4. The molecule has 2 rings (SSSR count). The van der Waals surface area contributed by atoms with Gasteiger partial charge in [-0.25, -0.2) is 17.9 Å². The molecule has 0 radical (unpaired) electrons. The molecule has 2 N–H and O–H groups in total. The molecule has 0 aliphatic heterocycles. The summed E-state index contributed by atoms with van der Waals surface area (Å²) in [5, 5.41) is 9.09. The zero-order valence-electron chi connectivity index (χ0n) is 12.1. The van der Waals surface area contributed by atoms with Crippen molar-refractivity contribution in [3.05, 3.63) is 27.7 Å². The Morgan fingerprint density at radius 2 is 1.95 bits per heavy atom. The van der Waals surface area contributed by atoms with Crippen molar-refractivity contribution in [2.24, 2.45) is 5.92 Å². The van der Waals surface area contributed by atoms with Crippen molar-refractivity contribution in [1.29, 1.82) is 0 Å². The lowest BCUT2D eigenvalue weighted by Crippen LogP contribution is -2.45. The first kappa shape index (κ1) is 16.5. The van der Waals surface area contributed by atoms with Crippen molar-refractivity contribution >= 4 is 31.9 Å². The van der Waals surface area contributed by atoms with E-state index in [4.69, 9.17) is 5.11 Å². The van der Waals surface area contributed by atoms with Gasteiger partial charge < -0.3 is 5.11 Å². The molecule has 0 amide bonds. The van der Waals surface area contributed by atoms with Crippen LogP contribution in [0.1, 0.15) is 42.6 Å². The molecule has 7 heteroatoms. The molecule has 0 bridgehead atoms. The standard InChI is InChI=1S/C14H18BrNO4S/c1-8-11(15)6-9(13(17)18)7-12(8)21(19,20)16-14(2,3)10-4-5-10/h6-7,10,16H,4-5H2,1-3H3,(H,17,18). The molecule has 1 aromatic carbocycles. The predicted octanol–water partition coefficient (Wildman–Crippen LogP) is 2.92. The summed E-state index contributed by atoms with van der Waals surface area (Å²) in [6.07, 6.45) is 2.01. The minimum atomic E-state index is -3.78. The lowest BCUT2D eigenvalue weighted by atomic mass is 10.0. The van der Waals surface area contributed by atoms with Gasteiger partial charge in [0.25, 0.3) is 0 Å². The summed E-state index contributed by atoms with van der Waals surface area (Å²) in [5.74, 6) is -0.827. The fourth-order valence-electron chi connectivity index (χ4n) is 2.35. The Labute approximate surface area is 132 Å². The molecule has 0 spiro atoms. The molecule has 116 valence electrons. The lowest BCUT2D eigenvalue weighted by Gasteiger charge is -2.26. The van der Waals surface area contributed by atoms with Crippen LogP contribution < -0.4 is 4.72 Å². The van der Waals surface area contributed by atoms with Crippen LogP contribution >= 0.6 is 15.9 Å². The number of nitrogens with one attached hydrogen (secondary N) is 1. The first-order chi connectivity index (χ1) is 9.54. The molecular formula is C14H18BrNO4S. The van der Waals surface area contributed by atoms with Crippen LogP contribution in [0.25, 0.3) is 0 Å². The first-order valence-electron chi connectivity index (χ1n) is 6.62. The fraction of sp³-hybridized carbons (Fsp3) is 0.500. The molecule has 1 aliphatic carbocycles. The largest absolute Gasteiger partial charge is 0.478 e. The average molecular weight is 376 g/mol. The maximum atomic E-state index is 12.6. The highest BCUT2D eigenvalue weighted by molar-refractivity contribution is 9.10. The highest BCUT2D eigenvalue weighted by Crippen LogP contribution is 2.40. The maximum absolute atomic E-state index is 12.6. The van der Waals surface area contributed by atoms with Crippen LogP contribution in [-0.4, -0.2) is 25.0 Å². The third-order valence-corrected chi connectivity index (χ3v) is 6.45. The summed E-state index contributed by atoms with van der Waals surface area (Å²) in [4.78, 5) is 11.1. The van der Waals surface area contributed by atoms with E-state index in [1.54, 1.807) is 6.92 Å². The molecule has 0 aromatic heterocycles. The van der Waals surface area contributed by atoms with E-state index in [-0.39, 0.29) is 10.5 Å². The number of carboxylic acid groups (broad SMARTS) is 1. The van der Waals surface area contributed by atoms with Crippen LogP contribution in [0.3, 0.4) is 0 Å². The van der Waals surface area contributed by atoms with E-state index in [0.717, 1.165) is 12.8 Å². The van der Waals surface area contributed by atoms with Gasteiger partial charge in [-0.2, -0.15) is 0 Å². The molecule has 1 fully saturated rings. The lowest BCUT2D eigenvalue weighted by molar-refractivity contribution is 0.0696. The van der Waals surface area contributed by atoms with Crippen molar-refractivity contribution in [1.82, 2.24) is 4.72 Å². The van der Waals surface area contributed by atoms with E-state index in [1.807, 2.05) is 13.8 Å². The number of benzene rings is 1. The summed E-state index contributed by atoms with van der Waals surface area (Å²) in [6, 6.07) is 2.61. The summed E-state index contributed by atoms with van der Waals surface area (Å²) in [7, 11) is -3.78. The Kier molecular flexibility index (Phi) is 4.21. The molecule has 1 aliphatic rings. The molecule has 1 saturated carbocycles. The number of sulfonamides is 1. The van der Waals surface area contributed by atoms with Crippen LogP contribution in [0.15, 0.2) is 21.5 Å². The summed E-state index contributed by atoms with van der Waals surface area (Å²) >= 11 is 3.22. The van der Waals surface area contributed by atoms with E-state index in [1.165, 1.54) is 12.1 Å². The van der Waals surface area contributed by atoms with Crippen LogP contribution in [0.2, 0.25) is 0 Å².